The van der Waals surface area contributed by atoms with Crippen molar-refractivity contribution in [1.82, 2.24) is 20.2 Å². The number of benzene rings is 1. The summed E-state index contributed by atoms with van der Waals surface area (Å²) in [6.07, 6.45) is 1.43. The van der Waals surface area contributed by atoms with E-state index >= 15 is 0 Å². The van der Waals surface area contributed by atoms with Gasteiger partial charge in [-0.25, -0.2) is 4.68 Å². The lowest BCUT2D eigenvalue weighted by Gasteiger charge is -2.34. The van der Waals surface area contributed by atoms with E-state index in [-0.39, 0.29) is 12.5 Å². The van der Waals surface area contributed by atoms with Crippen LogP contribution in [-0.2, 0) is 11.3 Å². The summed E-state index contributed by atoms with van der Waals surface area (Å²) in [6.45, 7) is 7.75. The number of nitrogens with zero attached hydrogens (tertiary/aromatic N) is 5. The second-order valence-corrected chi connectivity index (χ2v) is 5.66. The molecular weight excluding hydrogens is 294 g/mol. The van der Waals surface area contributed by atoms with Gasteiger partial charge in [0.2, 0.25) is 5.91 Å². The highest BCUT2D eigenvalue weighted by Crippen LogP contribution is 2.25. The van der Waals surface area contributed by atoms with Gasteiger partial charge in [0, 0.05) is 0 Å². The van der Waals surface area contributed by atoms with Gasteiger partial charge in [-0.1, -0.05) is 12.1 Å². The minimum Gasteiger partial charge on any atom is -0.359 e. The molecule has 2 N–H and O–H groups in total. The first-order valence-electron chi connectivity index (χ1n) is 7.94. The lowest BCUT2D eigenvalue weighted by molar-refractivity contribution is -0.898. The predicted octanol–water partition coefficient (Wildman–Crippen LogP) is -0.963. The summed E-state index contributed by atoms with van der Waals surface area (Å²) in [4.78, 5) is 16.1. The first kappa shape index (κ1) is 15.4. The second kappa shape index (κ2) is 7.19. The van der Waals surface area contributed by atoms with E-state index in [9.17, 15) is 4.79 Å². The van der Waals surface area contributed by atoms with Crippen LogP contribution in [0.2, 0.25) is 0 Å². The van der Waals surface area contributed by atoms with Gasteiger partial charge in [-0.3, -0.25) is 4.79 Å². The number of rotatable bonds is 5. The third-order valence-electron chi connectivity index (χ3n) is 4.19. The molecule has 0 unspecified atom stereocenters. The zero-order valence-electron chi connectivity index (χ0n) is 13.3. The van der Waals surface area contributed by atoms with Gasteiger partial charge in [-0.05, 0) is 29.5 Å². The van der Waals surface area contributed by atoms with E-state index in [1.165, 1.54) is 11.0 Å². The fourth-order valence-electron chi connectivity index (χ4n) is 2.86. The van der Waals surface area contributed by atoms with E-state index < -0.39 is 0 Å². The van der Waals surface area contributed by atoms with Crippen molar-refractivity contribution < 1.29 is 9.69 Å². The lowest BCUT2D eigenvalue weighted by atomic mass is 10.2. The Kier molecular flexibility index (Phi) is 4.82. The fourth-order valence-corrected chi connectivity index (χ4v) is 2.86. The molecule has 0 aliphatic carbocycles. The predicted molar refractivity (Wildman–Crippen MR) is 86.3 cm³/mol. The van der Waals surface area contributed by atoms with Crippen LogP contribution < -0.4 is 15.1 Å². The summed E-state index contributed by atoms with van der Waals surface area (Å²) in [5.74, 6) is -0.137. The molecule has 8 heteroatoms. The molecule has 2 aromatic rings. The monoisotopic (exact) mass is 316 g/mol. The maximum Gasteiger partial charge on any atom is 0.246 e. The summed E-state index contributed by atoms with van der Waals surface area (Å²) in [7, 11) is 0. The molecule has 1 aromatic heterocycles. The Morgan fingerprint density at radius 1 is 1.30 bits per heavy atom. The largest absolute Gasteiger partial charge is 0.359 e. The van der Waals surface area contributed by atoms with Gasteiger partial charge in [0.25, 0.3) is 0 Å². The Labute approximate surface area is 135 Å². The number of piperazine rings is 1. The van der Waals surface area contributed by atoms with Gasteiger partial charge >= 0.3 is 0 Å². The molecule has 1 aliphatic rings. The number of carbonyl (C=O) groups is 1. The molecule has 1 aliphatic heterocycles. The third kappa shape index (κ3) is 3.84. The Morgan fingerprint density at radius 3 is 2.78 bits per heavy atom. The standard InChI is InChI=1S/C15H21N7O/c1-2-20-7-9-21(10-8-20)14-6-4-3-5-13(14)17-15(23)11-22-12-16-18-19-22/h3-6,12H,2,7-11H2,1H3,(H,17,23)/p+1. The number of para-hydroxylation sites is 2. The van der Waals surface area contributed by atoms with Crippen molar-refractivity contribution in [3.05, 3.63) is 30.6 Å². The fraction of sp³-hybridized carbons (Fsp3) is 0.467. The number of amides is 1. The molecule has 1 saturated heterocycles. The molecule has 122 valence electrons. The topological polar surface area (TPSA) is 80.4 Å². The van der Waals surface area contributed by atoms with E-state index in [1.807, 2.05) is 18.2 Å². The van der Waals surface area contributed by atoms with Crippen LogP contribution in [0, 0.1) is 0 Å². The number of hydrogen-bond donors (Lipinski definition) is 2. The molecule has 2 heterocycles. The van der Waals surface area contributed by atoms with Gasteiger partial charge in [-0.2, -0.15) is 0 Å². The number of hydrogen-bond acceptors (Lipinski definition) is 5. The van der Waals surface area contributed by atoms with Gasteiger partial charge in [0.1, 0.15) is 12.9 Å². The van der Waals surface area contributed by atoms with Gasteiger partial charge < -0.3 is 15.1 Å². The van der Waals surface area contributed by atoms with Crippen molar-refractivity contribution in [2.24, 2.45) is 0 Å². The van der Waals surface area contributed by atoms with E-state index in [2.05, 4.69) is 38.7 Å². The molecule has 0 bridgehead atoms. The second-order valence-electron chi connectivity index (χ2n) is 5.66. The molecule has 0 spiro atoms. The molecule has 1 aromatic carbocycles. The van der Waals surface area contributed by atoms with Gasteiger partial charge in [0.15, 0.2) is 0 Å². The highest BCUT2D eigenvalue weighted by atomic mass is 16.2. The molecule has 0 saturated carbocycles. The quantitative estimate of drug-likeness (QED) is 0.742. The number of likely N-dealkylation sites (N-methyl/N-ethyl adjacent to an activating group) is 1. The van der Waals surface area contributed by atoms with Crippen molar-refractivity contribution in [2.45, 2.75) is 13.5 Å². The maximum atomic E-state index is 12.2. The molecule has 8 nitrogen and oxygen atoms in total. The number of anilines is 2. The molecule has 1 fully saturated rings. The van der Waals surface area contributed by atoms with Gasteiger partial charge in [-0.15, -0.1) is 5.10 Å². The van der Waals surface area contributed by atoms with Crippen LogP contribution in [-0.4, -0.2) is 58.8 Å². The van der Waals surface area contributed by atoms with Crippen LogP contribution in [0.15, 0.2) is 30.6 Å². The Balaban J connectivity index is 1.67. The minimum atomic E-state index is -0.137. The van der Waals surface area contributed by atoms with Crippen LogP contribution in [0.3, 0.4) is 0 Å². The normalized spacial score (nSPS) is 15.6. The molecule has 0 atom stereocenters. The molecule has 3 rings (SSSR count). The average Bonchev–Trinajstić information content (AvgIpc) is 3.08. The van der Waals surface area contributed by atoms with Crippen molar-refractivity contribution in [3.63, 3.8) is 0 Å². The molecular formula is C15H22N7O+. The SMILES string of the molecule is CC[NH+]1CCN(c2ccccc2NC(=O)Cn2cnnn2)CC1. The first-order chi connectivity index (χ1) is 11.3. The van der Waals surface area contributed by atoms with E-state index in [0.717, 1.165) is 44.1 Å². The van der Waals surface area contributed by atoms with E-state index in [1.54, 1.807) is 4.90 Å². The smallest absolute Gasteiger partial charge is 0.246 e. The summed E-state index contributed by atoms with van der Waals surface area (Å²) >= 11 is 0. The number of aromatic nitrogens is 4. The van der Waals surface area contributed by atoms with Crippen LogP contribution in [0.1, 0.15) is 6.92 Å². The minimum absolute atomic E-state index is 0.106. The Bertz CT molecular complexity index is 635. The summed E-state index contributed by atoms with van der Waals surface area (Å²) in [5, 5.41) is 13.7. The zero-order chi connectivity index (χ0) is 16.1. The number of nitrogens with one attached hydrogen (secondary N) is 2. The van der Waals surface area contributed by atoms with E-state index in [0.29, 0.717) is 0 Å². The van der Waals surface area contributed by atoms with E-state index in [4.69, 9.17) is 0 Å². The van der Waals surface area contributed by atoms with Crippen LogP contribution >= 0.6 is 0 Å². The van der Waals surface area contributed by atoms with Crippen LogP contribution in [0.25, 0.3) is 0 Å². The van der Waals surface area contributed by atoms with Gasteiger partial charge in [0.05, 0.1) is 44.1 Å². The highest BCUT2D eigenvalue weighted by Gasteiger charge is 2.21. The van der Waals surface area contributed by atoms with Crippen molar-refractivity contribution in [1.29, 1.82) is 0 Å². The van der Waals surface area contributed by atoms with Crippen molar-refractivity contribution in [3.8, 4) is 0 Å². The number of tetrazole rings is 1. The lowest BCUT2D eigenvalue weighted by Crippen LogP contribution is -3.14. The molecule has 0 radical (unpaired) electrons. The highest BCUT2D eigenvalue weighted by molar-refractivity contribution is 5.94. The third-order valence-corrected chi connectivity index (χ3v) is 4.19. The molecule has 1 amide bonds. The summed E-state index contributed by atoms with van der Waals surface area (Å²) in [5.41, 5.74) is 1.92. The van der Waals surface area contributed by atoms with Crippen molar-refractivity contribution in [2.75, 3.05) is 42.9 Å². The average molecular weight is 316 g/mol. The molecule has 23 heavy (non-hydrogen) atoms. The number of carbonyl (C=O) groups excluding carboxylic acids is 1. The maximum absolute atomic E-state index is 12.2. The Morgan fingerprint density at radius 2 is 2.09 bits per heavy atom. The Hall–Kier alpha value is -2.48. The summed E-state index contributed by atoms with van der Waals surface area (Å²) in [6, 6.07) is 7.94. The zero-order valence-corrected chi connectivity index (χ0v) is 13.3. The van der Waals surface area contributed by atoms with Crippen LogP contribution in [0.5, 0.6) is 0 Å². The first-order valence-corrected chi connectivity index (χ1v) is 7.94. The van der Waals surface area contributed by atoms with Crippen molar-refractivity contribution >= 4 is 17.3 Å². The number of quaternary nitrogens is 1. The summed E-state index contributed by atoms with van der Waals surface area (Å²) < 4.78 is 1.40. The van der Waals surface area contributed by atoms with Crippen LogP contribution in [0.4, 0.5) is 11.4 Å².